The SMILES string of the molecule is CCOC(=O)c1ccc([C@]2(c3ccc(OC)cc3)COS(=O)(=O)N2)cc1. The van der Waals surface area contributed by atoms with Crippen LogP contribution in [0.1, 0.15) is 28.4 Å². The fraction of sp³-hybridized carbons (Fsp3) is 0.278. The Bertz CT molecular complexity index is 892. The van der Waals surface area contributed by atoms with Crippen LogP contribution >= 0.6 is 0 Å². The minimum atomic E-state index is -3.87. The number of hydrogen-bond donors (Lipinski definition) is 1. The molecule has 7 nitrogen and oxygen atoms in total. The Morgan fingerprint density at radius 3 is 2.15 bits per heavy atom. The van der Waals surface area contributed by atoms with Gasteiger partial charge in [0, 0.05) is 0 Å². The molecule has 26 heavy (non-hydrogen) atoms. The maximum atomic E-state index is 11.9. The van der Waals surface area contributed by atoms with Crippen molar-refractivity contribution in [1.29, 1.82) is 0 Å². The molecule has 2 aromatic rings. The third-order valence-corrected chi connectivity index (χ3v) is 5.23. The van der Waals surface area contributed by atoms with Gasteiger partial charge in [0.1, 0.15) is 11.3 Å². The summed E-state index contributed by atoms with van der Waals surface area (Å²) in [6.07, 6.45) is 0. The Labute approximate surface area is 152 Å². The number of carbonyl (C=O) groups is 1. The summed E-state index contributed by atoms with van der Waals surface area (Å²) in [4.78, 5) is 11.8. The van der Waals surface area contributed by atoms with Gasteiger partial charge in [-0.25, -0.2) is 4.79 Å². The van der Waals surface area contributed by atoms with Gasteiger partial charge >= 0.3 is 16.3 Å². The molecule has 0 spiro atoms. The van der Waals surface area contributed by atoms with Crippen LogP contribution in [0.2, 0.25) is 0 Å². The van der Waals surface area contributed by atoms with E-state index in [1.165, 1.54) is 0 Å². The lowest BCUT2D eigenvalue weighted by Crippen LogP contribution is -2.41. The first kappa shape index (κ1) is 18.4. The zero-order valence-corrected chi connectivity index (χ0v) is 15.2. The number of esters is 1. The summed E-state index contributed by atoms with van der Waals surface area (Å²) < 4.78 is 41.6. The van der Waals surface area contributed by atoms with Crippen molar-refractivity contribution >= 4 is 16.3 Å². The van der Waals surface area contributed by atoms with Gasteiger partial charge in [-0.05, 0) is 42.3 Å². The molecule has 1 saturated heterocycles. The van der Waals surface area contributed by atoms with Crippen molar-refractivity contribution in [2.75, 3.05) is 20.3 Å². The number of rotatable bonds is 5. The highest BCUT2D eigenvalue weighted by molar-refractivity contribution is 7.85. The van der Waals surface area contributed by atoms with E-state index >= 15 is 0 Å². The van der Waals surface area contributed by atoms with Crippen LogP contribution in [0.25, 0.3) is 0 Å². The molecule has 0 aromatic heterocycles. The summed E-state index contributed by atoms with van der Waals surface area (Å²) in [6.45, 7) is 1.92. The standard InChI is InChI=1S/C18H19NO6S/c1-3-24-17(20)13-4-6-14(7-5-13)18(12-25-26(21,22)19-18)15-8-10-16(23-2)11-9-15/h4-11,19H,3,12H2,1-2H3/t18-/m0/s1. The third-order valence-electron chi connectivity index (χ3n) is 4.20. The first-order valence-corrected chi connectivity index (χ1v) is 9.41. The summed E-state index contributed by atoms with van der Waals surface area (Å²) in [5.74, 6) is 0.226. The molecule has 0 amide bonds. The molecule has 3 rings (SSSR count). The van der Waals surface area contributed by atoms with Crippen LogP contribution in [-0.4, -0.2) is 34.7 Å². The van der Waals surface area contributed by atoms with Crippen LogP contribution < -0.4 is 9.46 Å². The van der Waals surface area contributed by atoms with E-state index in [1.807, 2.05) is 0 Å². The molecule has 138 valence electrons. The van der Waals surface area contributed by atoms with Crippen molar-refractivity contribution in [3.8, 4) is 5.75 Å². The Morgan fingerprint density at radius 1 is 1.12 bits per heavy atom. The molecule has 8 heteroatoms. The number of methoxy groups -OCH3 is 1. The van der Waals surface area contributed by atoms with Crippen molar-refractivity contribution in [2.24, 2.45) is 0 Å². The number of benzene rings is 2. The minimum Gasteiger partial charge on any atom is -0.497 e. The van der Waals surface area contributed by atoms with Crippen molar-refractivity contribution in [3.63, 3.8) is 0 Å². The van der Waals surface area contributed by atoms with Crippen molar-refractivity contribution in [2.45, 2.75) is 12.5 Å². The Morgan fingerprint density at radius 2 is 1.69 bits per heavy atom. The average molecular weight is 377 g/mol. The van der Waals surface area contributed by atoms with Crippen LogP contribution in [-0.2, 0) is 24.8 Å². The predicted octanol–water partition coefficient (Wildman–Crippen LogP) is 1.98. The zero-order valence-electron chi connectivity index (χ0n) is 14.4. The normalized spacial score (nSPS) is 21.3. The van der Waals surface area contributed by atoms with Gasteiger partial charge in [0.2, 0.25) is 0 Å². The highest BCUT2D eigenvalue weighted by Gasteiger charge is 2.45. The van der Waals surface area contributed by atoms with Gasteiger partial charge < -0.3 is 9.47 Å². The molecule has 0 unspecified atom stereocenters. The highest BCUT2D eigenvalue weighted by atomic mass is 32.2. The monoisotopic (exact) mass is 377 g/mol. The van der Waals surface area contributed by atoms with Gasteiger partial charge in [0.25, 0.3) is 0 Å². The molecule has 1 N–H and O–H groups in total. The van der Waals surface area contributed by atoms with Crippen LogP contribution in [0.15, 0.2) is 48.5 Å². The van der Waals surface area contributed by atoms with E-state index in [0.29, 0.717) is 22.4 Å². The quantitative estimate of drug-likeness (QED) is 0.802. The predicted molar refractivity (Wildman–Crippen MR) is 94.2 cm³/mol. The van der Waals surface area contributed by atoms with E-state index in [2.05, 4.69) is 4.72 Å². The van der Waals surface area contributed by atoms with E-state index in [1.54, 1.807) is 62.6 Å². The Balaban J connectivity index is 2.03. The van der Waals surface area contributed by atoms with Gasteiger partial charge in [-0.2, -0.15) is 13.1 Å². The first-order valence-electron chi connectivity index (χ1n) is 8.01. The van der Waals surface area contributed by atoms with E-state index in [4.69, 9.17) is 13.7 Å². The maximum Gasteiger partial charge on any atom is 0.338 e. The van der Waals surface area contributed by atoms with E-state index < -0.39 is 21.8 Å². The van der Waals surface area contributed by atoms with E-state index in [-0.39, 0.29) is 13.2 Å². The number of ether oxygens (including phenoxy) is 2. The molecule has 0 bridgehead atoms. The average Bonchev–Trinajstić information content (AvgIpc) is 2.99. The second kappa shape index (κ2) is 7.06. The topological polar surface area (TPSA) is 90.9 Å². The molecule has 1 heterocycles. The fourth-order valence-corrected chi connectivity index (χ4v) is 3.98. The molecule has 1 aliphatic heterocycles. The largest absolute Gasteiger partial charge is 0.497 e. The maximum absolute atomic E-state index is 11.9. The highest BCUT2D eigenvalue weighted by Crippen LogP contribution is 2.36. The number of carbonyl (C=O) groups excluding carboxylic acids is 1. The summed E-state index contributed by atoms with van der Waals surface area (Å²) in [7, 11) is -2.32. The fourth-order valence-electron chi connectivity index (χ4n) is 2.87. The van der Waals surface area contributed by atoms with Crippen LogP contribution in [0, 0.1) is 0 Å². The second-order valence-electron chi connectivity index (χ2n) is 5.75. The van der Waals surface area contributed by atoms with E-state index in [9.17, 15) is 13.2 Å². The van der Waals surface area contributed by atoms with Gasteiger partial charge in [-0.3, -0.25) is 4.18 Å². The summed E-state index contributed by atoms with van der Waals surface area (Å²) >= 11 is 0. The lowest BCUT2D eigenvalue weighted by atomic mass is 9.84. The van der Waals surface area contributed by atoms with Crippen molar-refractivity contribution in [3.05, 3.63) is 65.2 Å². The van der Waals surface area contributed by atoms with Gasteiger partial charge in [0.15, 0.2) is 0 Å². The summed E-state index contributed by atoms with van der Waals surface area (Å²) in [5, 5.41) is 0. The molecule has 2 aromatic carbocycles. The Kier molecular flexibility index (Phi) is 4.99. The van der Waals surface area contributed by atoms with Gasteiger partial charge in [-0.15, -0.1) is 0 Å². The Hall–Kier alpha value is -2.42. The number of hydrogen-bond acceptors (Lipinski definition) is 6. The molecule has 1 atom stereocenters. The molecular weight excluding hydrogens is 358 g/mol. The van der Waals surface area contributed by atoms with E-state index in [0.717, 1.165) is 0 Å². The smallest absolute Gasteiger partial charge is 0.338 e. The van der Waals surface area contributed by atoms with Crippen LogP contribution in [0.3, 0.4) is 0 Å². The molecule has 0 saturated carbocycles. The summed E-state index contributed by atoms with van der Waals surface area (Å²) in [5.41, 5.74) is 0.653. The minimum absolute atomic E-state index is 0.0968. The van der Waals surface area contributed by atoms with Crippen molar-refractivity contribution < 1.29 is 26.9 Å². The molecule has 0 radical (unpaired) electrons. The van der Waals surface area contributed by atoms with Gasteiger partial charge in [-0.1, -0.05) is 24.3 Å². The van der Waals surface area contributed by atoms with Crippen molar-refractivity contribution in [1.82, 2.24) is 4.72 Å². The zero-order chi connectivity index (χ0) is 18.8. The lowest BCUT2D eigenvalue weighted by molar-refractivity contribution is 0.0526. The first-order chi connectivity index (χ1) is 12.4. The molecule has 0 aliphatic carbocycles. The summed E-state index contributed by atoms with van der Waals surface area (Å²) in [6, 6.07) is 13.6. The molecule has 1 aliphatic rings. The van der Waals surface area contributed by atoms with Gasteiger partial charge in [0.05, 0.1) is 25.9 Å². The van der Waals surface area contributed by atoms with Crippen LogP contribution in [0.5, 0.6) is 5.75 Å². The lowest BCUT2D eigenvalue weighted by Gasteiger charge is -2.27. The third kappa shape index (κ3) is 3.44. The number of nitrogens with one attached hydrogen (secondary N) is 1. The van der Waals surface area contributed by atoms with Crippen LogP contribution in [0.4, 0.5) is 0 Å². The molecular formula is C18H19NO6S. The molecule has 1 fully saturated rings. The second-order valence-corrected chi connectivity index (χ2v) is 7.10.